The monoisotopic (exact) mass is 82.1 g/mol. The second kappa shape index (κ2) is 4.08. The Hall–Kier alpha value is -0.920. The predicted octanol–water partition coefficient (Wildman–Crippen LogP) is 0.850. The minimum Gasteiger partial charge on any atom is -0.290 e. The van der Waals surface area contributed by atoms with Gasteiger partial charge in [-0.05, 0) is 0 Å². The van der Waals surface area contributed by atoms with Crippen molar-refractivity contribution in [1.29, 1.82) is 5.41 Å². The van der Waals surface area contributed by atoms with E-state index in [0.717, 1.165) is 6.34 Å². The largest absolute Gasteiger partial charge is 0.290 e. The van der Waals surface area contributed by atoms with Gasteiger partial charge < -0.3 is 0 Å². The van der Waals surface area contributed by atoms with Crippen LogP contribution < -0.4 is 0 Å². The molecule has 32 valence electrons. The van der Waals surface area contributed by atoms with Gasteiger partial charge in [-0.2, -0.15) is 0 Å². The molecule has 0 saturated carbocycles. The summed E-state index contributed by atoms with van der Waals surface area (Å²) in [7, 11) is 0. The molecular weight excluding hydrogens is 76.1 g/mol. The molecule has 0 aromatic heterocycles. The van der Waals surface area contributed by atoms with Gasteiger partial charge in [0.2, 0.25) is 0 Å². The number of hydrogen-bond acceptors (Lipinski definition) is 1. The summed E-state index contributed by atoms with van der Waals surface area (Å²) in [5.41, 5.74) is 0. The molecule has 2 nitrogen and oxygen atoms in total. The SMILES string of the molecule is C=CC=NC=N. The van der Waals surface area contributed by atoms with E-state index in [1.807, 2.05) is 0 Å². The van der Waals surface area contributed by atoms with E-state index in [4.69, 9.17) is 5.41 Å². The maximum absolute atomic E-state index is 6.34. The smallest absolute Gasteiger partial charge is 0.106 e. The molecule has 0 saturated heterocycles. The summed E-state index contributed by atoms with van der Waals surface area (Å²) < 4.78 is 0. The van der Waals surface area contributed by atoms with Gasteiger partial charge in [0.1, 0.15) is 6.34 Å². The van der Waals surface area contributed by atoms with Gasteiger partial charge in [0, 0.05) is 6.21 Å². The highest BCUT2D eigenvalue weighted by Gasteiger charge is 1.48. The Morgan fingerprint density at radius 3 is 2.50 bits per heavy atom. The van der Waals surface area contributed by atoms with Gasteiger partial charge in [-0.3, -0.25) is 5.41 Å². The predicted molar refractivity (Wildman–Crippen MR) is 27.5 cm³/mol. The zero-order valence-electron chi connectivity index (χ0n) is 3.39. The highest BCUT2D eigenvalue weighted by molar-refractivity contribution is 5.78. The Bertz CT molecular complexity index is 63.6. The number of hydrogen-bond donors (Lipinski definition) is 1. The van der Waals surface area contributed by atoms with E-state index in [1.165, 1.54) is 12.3 Å². The normalized spacial score (nSPS) is 8.67. The molecule has 0 aromatic carbocycles. The number of nitrogens with one attached hydrogen (secondary N) is 1. The molecule has 6 heavy (non-hydrogen) atoms. The third-order valence-corrected chi connectivity index (χ3v) is 0.266. The van der Waals surface area contributed by atoms with Crippen molar-refractivity contribution in [3.63, 3.8) is 0 Å². The van der Waals surface area contributed by atoms with Crippen molar-refractivity contribution < 1.29 is 0 Å². The van der Waals surface area contributed by atoms with Gasteiger partial charge in [0.05, 0.1) is 0 Å². The zero-order chi connectivity index (χ0) is 4.83. The van der Waals surface area contributed by atoms with Gasteiger partial charge in [-0.15, -0.1) is 0 Å². The first-order chi connectivity index (χ1) is 2.91. The molecule has 0 atom stereocenters. The van der Waals surface area contributed by atoms with Crippen molar-refractivity contribution in [1.82, 2.24) is 0 Å². The van der Waals surface area contributed by atoms with Crippen LogP contribution in [0.15, 0.2) is 17.6 Å². The van der Waals surface area contributed by atoms with Gasteiger partial charge in [0.15, 0.2) is 0 Å². The lowest BCUT2D eigenvalue weighted by molar-refractivity contribution is 1.52. The van der Waals surface area contributed by atoms with Gasteiger partial charge in [-0.25, -0.2) is 4.99 Å². The topological polar surface area (TPSA) is 36.2 Å². The average molecular weight is 82.1 g/mol. The molecule has 0 rings (SSSR count). The molecule has 0 fully saturated rings. The lowest BCUT2D eigenvalue weighted by atomic mass is 10.7. The Kier molecular flexibility index (Phi) is 3.45. The third-order valence-electron chi connectivity index (χ3n) is 0.266. The van der Waals surface area contributed by atoms with Crippen LogP contribution in [-0.2, 0) is 0 Å². The van der Waals surface area contributed by atoms with Crippen molar-refractivity contribution in [3.8, 4) is 0 Å². The number of aliphatic imine (C=N–C) groups is 1. The average Bonchev–Trinajstić information content (AvgIpc) is 1.61. The zero-order valence-corrected chi connectivity index (χ0v) is 3.39. The first kappa shape index (κ1) is 5.08. The Balaban J connectivity index is 3.17. The molecule has 1 N–H and O–H groups in total. The van der Waals surface area contributed by atoms with E-state index in [2.05, 4.69) is 11.6 Å². The highest BCUT2D eigenvalue weighted by Crippen LogP contribution is 1.52. The maximum Gasteiger partial charge on any atom is 0.106 e. The molecule has 0 aliphatic heterocycles. The molecule has 0 radical (unpaired) electrons. The molecule has 0 heterocycles. The fourth-order valence-corrected chi connectivity index (χ4v) is 0.104. The molecule has 0 aliphatic rings. The van der Waals surface area contributed by atoms with Crippen LogP contribution in [0.1, 0.15) is 0 Å². The first-order valence-electron chi connectivity index (χ1n) is 1.55. The van der Waals surface area contributed by atoms with E-state index >= 15 is 0 Å². The second-order valence-corrected chi connectivity index (χ2v) is 0.663. The van der Waals surface area contributed by atoms with Crippen molar-refractivity contribution in [2.24, 2.45) is 4.99 Å². The molecule has 2 heteroatoms. The summed E-state index contributed by atoms with van der Waals surface area (Å²) >= 11 is 0. The molecular formula is C4H6N2. The van der Waals surface area contributed by atoms with Gasteiger partial charge in [-0.1, -0.05) is 12.7 Å². The van der Waals surface area contributed by atoms with Gasteiger partial charge >= 0.3 is 0 Å². The number of rotatable bonds is 2. The maximum atomic E-state index is 6.34. The van der Waals surface area contributed by atoms with E-state index in [1.54, 1.807) is 0 Å². The lowest BCUT2D eigenvalue weighted by Crippen LogP contribution is -1.59. The summed E-state index contributed by atoms with van der Waals surface area (Å²) in [4.78, 5) is 3.39. The van der Waals surface area contributed by atoms with Gasteiger partial charge in [0.25, 0.3) is 0 Å². The lowest BCUT2D eigenvalue weighted by Gasteiger charge is -1.61. The van der Waals surface area contributed by atoms with Crippen LogP contribution in [0.3, 0.4) is 0 Å². The van der Waals surface area contributed by atoms with Crippen molar-refractivity contribution in [3.05, 3.63) is 12.7 Å². The highest BCUT2D eigenvalue weighted by atomic mass is 14.7. The molecule has 0 bridgehead atoms. The molecule has 0 unspecified atom stereocenters. The number of allylic oxidation sites excluding steroid dienone is 1. The quantitative estimate of drug-likeness (QED) is 0.378. The van der Waals surface area contributed by atoms with Crippen molar-refractivity contribution in [2.75, 3.05) is 0 Å². The molecule has 0 aliphatic carbocycles. The number of nitrogens with zero attached hydrogens (tertiary/aromatic N) is 1. The Labute approximate surface area is 36.7 Å². The van der Waals surface area contributed by atoms with Crippen LogP contribution in [0.4, 0.5) is 0 Å². The van der Waals surface area contributed by atoms with E-state index in [0.29, 0.717) is 0 Å². The Morgan fingerprint density at radius 1 is 1.67 bits per heavy atom. The van der Waals surface area contributed by atoms with Crippen LogP contribution in [0.25, 0.3) is 0 Å². The second-order valence-electron chi connectivity index (χ2n) is 0.663. The van der Waals surface area contributed by atoms with Crippen LogP contribution in [-0.4, -0.2) is 12.6 Å². The summed E-state index contributed by atoms with van der Waals surface area (Å²) in [6.07, 6.45) is 3.93. The Morgan fingerprint density at radius 2 is 2.33 bits per heavy atom. The molecule has 0 spiro atoms. The van der Waals surface area contributed by atoms with E-state index in [-0.39, 0.29) is 0 Å². The fourth-order valence-electron chi connectivity index (χ4n) is 0.104. The standard InChI is InChI=1S/C4H6N2/c1-2-3-6-4-5/h2-5H,1H2. The van der Waals surface area contributed by atoms with Crippen LogP contribution >= 0.6 is 0 Å². The summed E-state index contributed by atoms with van der Waals surface area (Å²) in [6.45, 7) is 3.35. The van der Waals surface area contributed by atoms with Crippen molar-refractivity contribution >= 4 is 12.6 Å². The summed E-state index contributed by atoms with van der Waals surface area (Å²) in [5, 5.41) is 6.34. The van der Waals surface area contributed by atoms with Crippen LogP contribution in [0.2, 0.25) is 0 Å². The fraction of sp³-hybridized carbons (Fsp3) is 0. The first-order valence-corrected chi connectivity index (χ1v) is 1.55. The third kappa shape index (κ3) is 3.08. The molecule has 0 amide bonds. The minimum atomic E-state index is 0.960. The van der Waals surface area contributed by atoms with Crippen molar-refractivity contribution in [2.45, 2.75) is 0 Å². The van der Waals surface area contributed by atoms with E-state index < -0.39 is 0 Å². The van der Waals surface area contributed by atoms with E-state index in [9.17, 15) is 0 Å². The van der Waals surface area contributed by atoms with Crippen LogP contribution in [0.5, 0.6) is 0 Å². The summed E-state index contributed by atoms with van der Waals surface area (Å²) in [6, 6.07) is 0. The van der Waals surface area contributed by atoms with Crippen LogP contribution in [0, 0.1) is 5.41 Å². The summed E-state index contributed by atoms with van der Waals surface area (Å²) in [5.74, 6) is 0. The molecule has 0 aromatic rings. The minimum absolute atomic E-state index is 0.960.